The van der Waals surface area contributed by atoms with E-state index in [0.717, 1.165) is 25.3 Å². The highest BCUT2D eigenvalue weighted by molar-refractivity contribution is 5.81. The highest BCUT2D eigenvalue weighted by Gasteiger charge is 2.13. The van der Waals surface area contributed by atoms with Crippen molar-refractivity contribution in [3.63, 3.8) is 0 Å². The molecule has 0 aromatic carbocycles. The van der Waals surface area contributed by atoms with Crippen molar-refractivity contribution in [1.82, 2.24) is 5.32 Å². The van der Waals surface area contributed by atoms with E-state index in [4.69, 9.17) is 5.73 Å². The van der Waals surface area contributed by atoms with Crippen LogP contribution in [-0.2, 0) is 4.79 Å². The van der Waals surface area contributed by atoms with Crippen molar-refractivity contribution in [1.29, 1.82) is 0 Å². The Morgan fingerprint density at radius 2 is 1.75 bits per heavy atom. The number of rotatable bonds is 8. The van der Waals surface area contributed by atoms with Gasteiger partial charge in [0.2, 0.25) is 5.91 Å². The van der Waals surface area contributed by atoms with Crippen molar-refractivity contribution < 1.29 is 4.79 Å². The van der Waals surface area contributed by atoms with Gasteiger partial charge in [0.1, 0.15) is 0 Å². The molecule has 0 unspecified atom stereocenters. The van der Waals surface area contributed by atoms with Gasteiger partial charge in [-0.05, 0) is 24.7 Å². The summed E-state index contributed by atoms with van der Waals surface area (Å²) < 4.78 is 0. The van der Waals surface area contributed by atoms with Gasteiger partial charge in [-0.3, -0.25) is 4.79 Å². The number of hydrogen-bond acceptors (Lipinski definition) is 2. The molecule has 0 saturated heterocycles. The molecule has 0 rings (SSSR count). The zero-order valence-corrected chi connectivity index (χ0v) is 11.3. The van der Waals surface area contributed by atoms with Crippen LogP contribution in [0.15, 0.2) is 0 Å². The Morgan fingerprint density at radius 3 is 2.25 bits per heavy atom. The van der Waals surface area contributed by atoms with Crippen LogP contribution in [0.1, 0.15) is 53.4 Å². The molecule has 1 amide bonds. The van der Waals surface area contributed by atoms with E-state index >= 15 is 0 Å². The molecule has 3 heteroatoms. The molecule has 0 aliphatic rings. The summed E-state index contributed by atoms with van der Waals surface area (Å²) in [5, 5.41) is 2.90. The summed E-state index contributed by atoms with van der Waals surface area (Å²) in [5.41, 5.74) is 5.77. The second kappa shape index (κ2) is 8.57. The molecule has 0 heterocycles. The van der Waals surface area contributed by atoms with E-state index in [1.807, 2.05) is 0 Å². The van der Waals surface area contributed by atoms with Crippen molar-refractivity contribution in [2.75, 3.05) is 6.54 Å². The van der Waals surface area contributed by atoms with Gasteiger partial charge >= 0.3 is 0 Å². The van der Waals surface area contributed by atoms with Crippen LogP contribution in [0.2, 0.25) is 0 Å². The van der Waals surface area contributed by atoms with Gasteiger partial charge in [0, 0.05) is 6.54 Å². The maximum Gasteiger partial charge on any atom is 0.236 e. The highest BCUT2D eigenvalue weighted by atomic mass is 16.2. The first kappa shape index (κ1) is 15.4. The predicted octanol–water partition coefficient (Wildman–Crippen LogP) is 2.30. The van der Waals surface area contributed by atoms with Crippen LogP contribution >= 0.6 is 0 Å². The Hall–Kier alpha value is -0.570. The van der Waals surface area contributed by atoms with Gasteiger partial charge < -0.3 is 11.1 Å². The molecular weight excluding hydrogens is 200 g/mol. The molecule has 16 heavy (non-hydrogen) atoms. The first-order valence-electron chi connectivity index (χ1n) is 6.46. The van der Waals surface area contributed by atoms with E-state index in [-0.39, 0.29) is 11.9 Å². The average molecular weight is 228 g/mol. The van der Waals surface area contributed by atoms with Crippen molar-refractivity contribution in [3.8, 4) is 0 Å². The lowest BCUT2D eigenvalue weighted by Crippen LogP contribution is -2.41. The molecule has 1 atom stereocenters. The second-order valence-corrected chi connectivity index (χ2v) is 5.42. The van der Waals surface area contributed by atoms with E-state index in [2.05, 4.69) is 33.0 Å². The summed E-state index contributed by atoms with van der Waals surface area (Å²) in [6, 6.07) is -0.343. The number of hydrogen-bond donors (Lipinski definition) is 2. The molecule has 0 aliphatic carbocycles. The quantitative estimate of drug-likeness (QED) is 0.626. The second-order valence-electron chi connectivity index (χ2n) is 5.42. The Kier molecular flexibility index (Phi) is 8.26. The van der Waals surface area contributed by atoms with E-state index in [0.29, 0.717) is 5.92 Å². The third kappa shape index (κ3) is 8.72. The zero-order valence-electron chi connectivity index (χ0n) is 11.3. The Balaban J connectivity index is 3.50. The number of carbonyl (C=O) groups excluding carboxylic acids is 1. The van der Waals surface area contributed by atoms with E-state index in [1.165, 1.54) is 12.8 Å². The molecular formula is C13H28N2O. The monoisotopic (exact) mass is 228 g/mol. The van der Waals surface area contributed by atoms with Gasteiger partial charge in [-0.2, -0.15) is 0 Å². The van der Waals surface area contributed by atoms with Crippen molar-refractivity contribution in [3.05, 3.63) is 0 Å². The van der Waals surface area contributed by atoms with Crippen LogP contribution in [0.3, 0.4) is 0 Å². The topological polar surface area (TPSA) is 55.1 Å². The molecule has 0 aliphatic heterocycles. The molecule has 96 valence electrons. The van der Waals surface area contributed by atoms with Gasteiger partial charge in [0.05, 0.1) is 6.04 Å². The number of nitrogens with two attached hydrogens (primary N) is 1. The molecule has 3 nitrogen and oxygen atoms in total. The van der Waals surface area contributed by atoms with Gasteiger partial charge in [-0.15, -0.1) is 0 Å². The predicted molar refractivity (Wildman–Crippen MR) is 69.1 cm³/mol. The van der Waals surface area contributed by atoms with Crippen LogP contribution in [0.4, 0.5) is 0 Å². The smallest absolute Gasteiger partial charge is 0.236 e. The molecule has 0 saturated carbocycles. The van der Waals surface area contributed by atoms with Gasteiger partial charge in [0.25, 0.3) is 0 Å². The van der Waals surface area contributed by atoms with Crippen molar-refractivity contribution in [2.24, 2.45) is 17.6 Å². The minimum absolute atomic E-state index is 0.00162. The molecule has 0 fully saturated rings. The summed E-state index contributed by atoms with van der Waals surface area (Å²) in [7, 11) is 0. The van der Waals surface area contributed by atoms with Crippen LogP contribution in [0.5, 0.6) is 0 Å². The van der Waals surface area contributed by atoms with Crippen molar-refractivity contribution in [2.45, 2.75) is 59.4 Å². The average Bonchev–Trinajstić information content (AvgIpc) is 2.15. The Labute approximate surface area is 100 Å². The fourth-order valence-electron chi connectivity index (χ4n) is 1.64. The normalized spacial score (nSPS) is 13.2. The van der Waals surface area contributed by atoms with Crippen molar-refractivity contribution >= 4 is 5.91 Å². The number of unbranched alkanes of at least 4 members (excludes halogenated alkanes) is 1. The summed E-state index contributed by atoms with van der Waals surface area (Å²) in [6.07, 6.45) is 4.22. The first-order valence-corrected chi connectivity index (χ1v) is 6.46. The third-order valence-electron chi connectivity index (χ3n) is 2.57. The lowest BCUT2D eigenvalue weighted by Gasteiger charge is -2.14. The third-order valence-corrected chi connectivity index (χ3v) is 2.57. The van der Waals surface area contributed by atoms with Crippen LogP contribution < -0.4 is 11.1 Å². The SMILES string of the molecule is CC(C)CCCCNC(=O)[C@H](N)CC(C)C. The van der Waals surface area contributed by atoms with E-state index < -0.39 is 0 Å². The largest absolute Gasteiger partial charge is 0.355 e. The Morgan fingerprint density at radius 1 is 1.12 bits per heavy atom. The molecule has 0 bridgehead atoms. The first-order chi connectivity index (χ1) is 7.43. The minimum atomic E-state index is -0.343. The lowest BCUT2D eigenvalue weighted by molar-refractivity contribution is -0.122. The standard InChI is InChI=1S/C13H28N2O/c1-10(2)7-5-6-8-15-13(16)12(14)9-11(3)4/h10-12H,5-9,14H2,1-4H3,(H,15,16)/t12-/m1/s1. The molecule has 0 spiro atoms. The fraction of sp³-hybridized carbons (Fsp3) is 0.923. The van der Waals surface area contributed by atoms with E-state index in [1.54, 1.807) is 0 Å². The number of amides is 1. The molecule has 0 aromatic rings. The summed E-state index contributed by atoms with van der Waals surface area (Å²) in [5.74, 6) is 1.22. The summed E-state index contributed by atoms with van der Waals surface area (Å²) >= 11 is 0. The zero-order chi connectivity index (χ0) is 12.6. The van der Waals surface area contributed by atoms with Gasteiger partial charge in [-0.1, -0.05) is 40.5 Å². The number of carbonyl (C=O) groups is 1. The number of nitrogens with one attached hydrogen (secondary N) is 1. The lowest BCUT2D eigenvalue weighted by atomic mass is 10.0. The maximum absolute atomic E-state index is 11.5. The van der Waals surface area contributed by atoms with Gasteiger partial charge in [-0.25, -0.2) is 0 Å². The van der Waals surface area contributed by atoms with Gasteiger partial charge in [0.15, 0.2) is 0 Å². The summed E-state index contributed by atoms with van der Waals surface area (Å²) in [4.78, 5) is 11.5. The van der Waals surface area contributed by atoms with Crippen LogP contribution in [0, 0.1) is 11.8 Å². The highest BCUT2D eigenvalue weighted by Crippen LogP contribution is 2.05. The maximum atomic E-state index is 11.5. The Bertz CT molecular complexity index is 190. The summed E-state index contributed by atoms with van der Waals surface area (Å²) in [6.45, 7) is 9.36. The molecule has 0 aromatic heterocycles. The van der Waals surface area contributed by atoms with Crippen LogP contribution in [0.25, 0.3) is 0 Å². The minimum Gasteiger partial charge on any atom is -0.355 e. The fourth-order valence-corrected chi connectivity index (χ4v) is 1.64. The molecule has 0 radical (unpaired) electrons. The van der Waals surface area contributed by atoms with Crippen LogP contribution in [-0.4, -0.2) is 18.5 Å². The molecule has 3 N–H and O–H groups in total. The van der Waals surface area contributed by atoms with E-state index in [9.17, 15) is 4.79 Å².